The van der Waals surface area contributed by atoms with Crippen LogP contribution in [0.2, 0.25) is 0 Å². The first kappa shape index (κ1) is 15.1. The number of hydrogen-bond acceptors (Lipinski definition) is 2. The molecule has 0 saturated heterocycles. The van der Waals surface area contributed by atoms with Crippen molar-refractivity contribution >= 4 is 12.0 Å². The molecule has 0 radical (unpaired) electrons. The maximum Gasteiger partial charge on any atom is 0.329 e. The van der Waals surface area contributed by atoms with E-state index in [4.69, 9.17) is 0 Å². The van der Waals surface area contributed by atoms with Crippen molar-refractivity contribution in [2.45, 2.75) is 82.2 Å². The highest BCUT2D eigenvalue weighted by Crippen LogP contribution is 2.35. The number of carbonyl (C=O) groups excluding carboxylic acids is 1. The lowest BCUT2D eigenvalue weighted by Crippen LogP contribution is -2.62. The third-order valence-electron chi connectivity index (χ3n) is 5.09. The van der Waals surface area contributed by atoms with E-state index in [0.717, 1.165) is 51.4 Å². The van der Waals surface area contributed by atoms with Crippen molar-refractivity contribution in [3.8, 4) is 0 Å². The van der Waals surface area contributed by atoms with E-state index < -0.39 is 11.5 Å². The first-order chi connectivity index (χ1) is 9.52. The summed E-state index contributed by atoms with van der Waals surface area (Å²) in [6.45, 7) is 2.07. The summed E-state index contributed by atoms with van der Waals surface area (Å²) in [4.78, 5) is 23.9. The number of hydrogen-bond donors (Lipinski definition) is 3. The summed E-state index contributed by atoms with van der Waals surface area (Å²) in [5.41, 5.74) is -1.17. The van der Waals surface area contributed by atoms with Gasteiger partial charge in [0.05, 0.1) is 0 Å². The Labute approximate surface area is 120 Å². The van der Waals surface area contributed by atoms with Crippen molar-refractivity contribution in [2.24, 2.45) is 0 Å². The predicted molar refractivity (Wildman–Crippen MR) is 76.6 cm³/mol. The maximum atomic E-state index is 12.2. The fraction of sp³-hybridized carbons (Fsp3) is 0.867. The van der Waals surface area contributed by atoms with Crippen molar-refractivity contribution in [3.05, 3.63) is 0 Å². The molecular formula is C15H26N2O3. The third-order valence-corrected chi connectivity index (χ3v) is 5.09. The van der Waals surface area contributed by atoms with E-state index >= 15 is 0 Å². The zero-order valence-electron chi connectivity index (χ0n) is 12.3. The van der Waals surface area contributed by atoms with Crippen LogP contribution in [0, 0.1) is 0 Å². The summed E-state index contributed by atoms with van der Waals surface area (Å²) in [5, 5.41) is 15.3. The highest BCUT2D eigenvalue weighted by molar-refractivity contribution is 5.86. The molecule has 2 rings (SSSR count). The Hall–Kier alpha value is -1.26. The van der Waals surface area contributed by atoms with Crippen molar-refractivity contribution in [3.63, 3.8) is 0 Å². The molecule has 2 aliphatic carbocycles. The molecule has 3 N–H and O–H groups in total. The number of carboxylic acid groups (broad SMARTS) is 1. The van der Waals surface area contributed by atoms with E-state index in [2.05, 4.69) is 17.6 Å². The van der Waals surface area contributed by atoms with Gasteiger partial charge in [0.15, 0.2) is 0 Å². The second-order valence-corrected chi connectivity index (χ2v) is 6.37. The number of nitrogens with one attached hydrogen (secondary N) is 2. The molecule has 0 bridgehead atoms. The van der Waals surface area contributed by atoms with E-state index in [1.807, 2.05) is 0 Å². The molecule has 0 spiro atoms. The van der Waals surface area contributed by atoms with Gasteiger partial charge in [-0.1, -0.05) is 32.6 Å². The second kappa shape index (κ2) is 6.02. The summed E-state index contributed by atoms with van der Waals surface area (Å²) in [5.74, 6) is -0.895. The van der Waals surface area contributed by atoms with Gasteiger partial charge in [0, 0.05) is 5.54 Å². The highest BCUT2D eigenvalue weighted by Gasteiger charge is 2.42. The summed E-state index contributed by atoms with van der Waals surface area (Å²) in [7, 11) is 0. The molecular weight excluding hydrogens is 256 g/mol. The molecule has 0 aromatic carbocycles. The van der Waals surface area contributed by atoms with E-state index in [9.17, 15) is 14.7 Å². The average molecular weight is 282 g/mol. The second-order valence-electron chi connectivity index (χ2n) is 6.37. The minimum Gasteiger partial charge on any atom is -0.480 e. The largest absolute Gasteiger partial charge is 0.480 e. The zero-order chi connectivity index (χ0) is 14.6. The van der Waals surface area contributed by atoms with Gasteiger partial charge in [-0.25, -0.2) is 9.59 Å². The number of aliphatic carboxylic acids is 1. The molecule has 2 saturated carbocycles. The van der Waals surface area contributed by atoms with Crippen LogP contribution in [-0.4, -0.2) is 28.2 Å². The molecule has 0 aromatic rings. The summed E-state index contributed by atoms with van der Waals surface area (Å²) in [6, 6.07) is -0.309. The summed E-state index contributed by atoms with van der Waals surface area (Å²) < 4.78 is 0. The van der Waals surface area contributed by atoms with Gasteiger partial charge in [0.1, 0.15) is 5.54 Å². The fourth-order valence-corrected chi connectivity index (χ4v) is 3.38. The smallest absolute Gasteiger partial charge is 0.329 e. The Morgan fingerprint density at radius 2 is 1.55 bits per heavy atom. The van der Waals surface area contributed by atoms with E-state index in [0.29, 0.717) is 12.8 Å². The first-order valence-electron chi connectivity index (χ1n) is 7.86. The van der Waals surface area contributed by atoms with Crippen LogP contribution in [0.5, 0.6) is 0 Å². The highest BCUT2D eigenvalue weighted by atomic mass is 16.4. The Kier molecular flexibility index (Phi) is 4.55. The quantitative estimate of drug-likeness (QED) is 0.694. The van der Waals surface area contributed by atoms with Gasteiger partial charge in [-0.3, -0.25) is 0 Å². The number of carbonyl (C=O) groups is 2. The van der Waals surface area contributed by atoms with Crippen molar-refractivity contribution in [1.82, 2.24) is 10.6 Å². The molecule has 0 heterocycles. The van der Waals surface area contributed by atoms with Crippen molar-refractivity contribution < 1.29 is 14.7 Å². The standard InChI is InChI=1S/C15H26N2O3/c1-2-14(8-7-9-14)16-13(20)17-15(12(18)19)10-5-3-4-6-11-15/h2-11H2,1H3,(H,18,19)(H2,16,17,20). The van der Waals surface area contributed by atoms with Crippen LogP contribution in [0.1, 0.15) is 71.1 Å². The SMILES string of the molecule is CCC1(NC(=O)NC2(C(=O)O)CCCCCC2)CCC1. The molecule has 5 nitrogen and oxygen atoms in total. The van der Waals surface area contributed by atoms with Crippen LogP contribution >= 0.6 is 0 Å². The van der Waals surface area contributed by atoms with Crippen LogP contribution in [0.15, 0.2) is 0 Å². The average Bonchev–Trinajstić information content (AvgIpc) is 2.60. The van der Waals surface area contributed by atoms with Gasteiger partial charge in [0.2, 0.25) is 0 Å². The molecule has 2 amide bonds. The van der Waals surface area contributed by atoms with Gasteiger partial charge >= 0.3 is 12.0 Å². The number of carboxylic acids is 1. The normalized spacial score (nSPS) is 24.1. The summed E-state index contributed by atoms with van der Waals surface area (Å²) in [6.07, 6.45) is 8.95. The molecule has 0 atom stereocenters. The predicted octanol–water partition coefficient (Wildman–Crippen LogP) is 2.80. The molecule has 0 aromatic heterocycles. The number of rotatable bonds is 4. The van der Waals surface area contributed by atoms with E-state index in [1.54, 1.807) is 0 Å². The van der Waals surface area contributed by atoms with Gasteiger partial charge in [-0.2, -0.15) is 0 Å². The molecule has 0 unspecified atom stereocenters. The third kappa shape index (κ3) is 3.07. The molecule has 2 fully saturated rings. The lowest BCUT2D eigenvalue weighted by molar-refractivity contribution is -0.145. The molecule has 20 heavy (non-hydrogen) atoms. The lowest BCUT2D eigenvalue weighted by Gasteiger charge is -2.43. The lowest BCUT2D eigenvalue weighted by atomic mass is 9.75. The zero-order valence-corrected chi connectivity index (χ0v) is 12.3. The van der Waals surface area contributed by atoms with Crippen LogP contribution in [0.4, 0.5) is 4.79 Å². The minimum absolute atomic E-state index is 0.103. The maximum absolute atomic E-state index is 12.2. The topological polar surface area (TPSA) is 78.4 Å². The van der Waals surface area contributed by atoms with E-state index in [-0.39, 0.29) is 11.6 Å². The first-order valence-corrected chi connectivity index (χ1v) is 7.86. The van der Waals surface area contributed by atoms with Gasteiger partial charge in [0.25, 0.3) is 0 Å². The molecule has 2 aliphatic rings. The monoisotopic (exact) mass is 282 g/mol. The van der Waals surface area contributed by atoms with E-state index in [1.165, 1.54) is 0 Å². The molecule has 5 heteroatoms. The Bertz CT molecular complexity index is 364. The Balaban J connectivity index is 2.00. The van der Waals surface area contributed by atoms with Crippen LogP contribution in [0.3, 0.4) is 0 Å². The van der Waals surface area contributed by atoms with Crippen LogP contribution < -0.4 is 10.6 Å². The van der Waals surface area contributed by atoms with Crippen molar-refractivity contribution in [2.75, 3.05) is 0 Å². The number of urea groups is 1. The number of amides is 2. The van der Waals surface area contributed by atoms with Gasteiger partial charge in [-0.05, 0) is 38.5 Å². The Morgan fingerprint density at radius 3 is 1.95 bits per heavy atom. The summed E-state index contributed by atoms with van der Waals surface area (Å²) >= 11 is 0. The van der Waals surface area contributed by atoms with Crippen LogP contribution in [0.25, 0.3) is 0 Å². The van der Waals surface area contributed by atoms with Gasteiger partial charge in [-0.15, -0.1) is 0 Å². The van der Waals surface area contributed by atoms with Crippen LogP contribution in [-0.2, 0) is 4.79 Å². The van der Waals surface area contributed by atoms with Gasteiger partial charge < -0.3 is 15.7 Å². The minimum atomic E-state index is -1.07. The Morgan fingerprint density at radius 1 is 0.950 bits per heavy atom. The molecule has 114 valence electrons. The van der Waals surface area contributed by atoms with Crippen molar-refractivity contribution in [1.29, 1.82) is 0 Å². The fourth-order valence-electron chi connectivity index (χ4n) is 3.38. The molecule has 0 aliphatic heterocycles.